The zero-order valence-electron chi connectivity index (χ0n) is 13.6. The third-order valence-electron chi connectivity index (χ3n) is 3.63. The Hall–Kier alpha value is -2.93. The monoisotopic (exact) mass is 344 g/mol. The Balaban J connectivity index is 1.74. The van der Waals surface area contributed by atoms with Crippen LogP contribution in [0.3, 0.4) is 0 Å². The lowest BCUT2D eigenvalue weighted by molar-refractivity contribution is -0.384. The molecule has 0 aromatic heterocycles. The van der Waals surface area contributed by atoms with E-state index in [1.807, 2.05) is 30.3 Å². The summed E-state index contributed by atoms with van der Waals surface area (Å²) in [6.07, 6.45) is 0.667. The van der Waals surface area contributed by atoms with Crippen LogP contribution in [-0.4, -0.2) is 35.7 Å². The second kappa shape index (κ2) is 9.39. The van der Waals surface area contributed by atoms with Crippen LogP contribution in [-0.2, 0) is 11.2 Å². The molecular weight excluding hydrogens is 324 g/mol. The average molecular weight is 344 g/mol. The number of carbonyl (C=O) groups is 1. The molecule has 7 nitrogen and oxygen atoms in total. The van der Waals surface area contributed by atoms with Crippen LogP contribution >= 0.6 is 0 Å². The van der Waals surface area contributed by atoms with Gasteiger partial charge in [0.15, 0.2) is 6.61 Å². The Bertz CT molecular complexity index is 688. The van der Waals surface area contributed by atoms with Gasteiger partial charge in [-0.05, 0) is 24.1 Å². The summed E-state index contributed by atoms with van der Waals surface area (Å²) in [5.41, 5.74) is 1.06. The number of hydrogen-bond acceptors (Lipinski definition) is 5. The molecule has 0 heterocycles. The van der Waals surface area contributed by atoms with Crippen molar-refractivity contribution in [3.8, 4) is 5.75 Å². The van der Waals surface area contributed by atoms with Crippen molar-refractivity contribution < 1.29 is 19.6 Å². The van der Waals surface area contributed by atoms with Gasteiger partial charge in [0.1, 0.15) is 5.75 Å². The molecule has 0 saturated heterocycles. The van der Waals surface area contributed by atoms with E-state index in [1.165, 1.54) is 24.3 Å². The molecule has 0 radical (unpaired) electrons. The van der Waals surface area contributed by atoms with Gasteiger partial charge < -0.3 is 15.2 Å². The highest BCUT2D eigenvalue weighted by Gasteiger charge is 2.11. The summed E-state index contributed by atoms with van der Waals surface area (Å²) in [5.74, 6) is -0.0145. The number of non-ortho nitro benzene ring substituents is 1. The number of ether oxygens (including phenoxy) is 1. The minimum Gasteiger partial charge on any atom is -0.484 e. The summed E-state index contributed by atoms with van der Waals surface area (Å²) >= 11 is 0. The molecule has 2 aromatic carbocycles. The first kappa shape index (κ1) is 18.4. The molecule has 2 rings (SSSR count). The SMILES string of the molecule is O=C(COc1ccc([N+](=O)[O-])cc1)NC[C@H](CO)Cc1ccccc1. The van der Waals surface area contributed by atoms with Crippen LogP contribution in [0.1, 0.15) is 5.56 Å². The topological polar surface area (TPSA) is 102 Å². The molecule has 132 valence electrons. The Kier molecular flexibility index (Phi) is 6.91. The van der Waals surface area contributed by atoms with Gasteiger partial charge in [-0.25, -0.2) is 0 Å². The first-order valence-electron chi connectivity index (χ1n) is 7.87. The number of hydrogen-bond donors (Lipinski definition) is 2. The first-order valence-corrected chi connectivity index (χ1v) is 7.87. The van der Waals surface area contributed by atoms with Crippen molar-refractivity contribution in [1.29, 1.82) is 0 Å². The molecule has 1 atom stereocenters. The normalized spacial score (nSPS) is 11.6. The maximum absolute atomic E-state index is 11.8. The van der Waals surface area contributed by atoms with Gasteiger partial charge in [-0.3, -0.25) is 14.9 Å². The first-order chi connectivity index (χ1) is 12.1. The van der Waals surface area contributed by atoms with Crippen LogP contribution in [0.5, 0.6) is 5.75 Å². The molecule has 0 bridgehead atoms. The highest BCUT2D eigenvalue weighted by atomic mass is 16.6. The number of rotatable bonds is 9. The summed E-state index contributed by atoms with van der Waals surface area (Å²) in [7, 11) is 0. The van der Waals surface area contributed by atoms with Crippen LogP contribution in [0.15, 0.2) is 54.6 Å². The van der Waals surface area contributed by atoms with E-state index in [-0.39, 0.29) is 30.7 Å². The Morgan fingerprint density at radius 2 is 1.84 bits per heavy atom. The van der Waals surface area contributed by atoms with Crippen molar-refractivity contribution in [2.45, 2.75) is 6.42 Å². The van der Waals surface area contributed by atoms with Crippen molar-refractivity contribution in [2.75, 3.05) is 19.8 Å². The molecule has 2 aromatic rings. The Morgan fingerprint density at radius 3 is 2.44 bits per heavy atom. The van der Waals surface area contributed by atoms with Crippen molar-refractivity contribution in [3.63, 3.8) is 0 Å². The molecule has 0 aliphatic heterocycles. The molecule has 0 aliphatic rings. The summed E-state index contributed by atoms with van der Waals surface area (Å²) in [4.78, 5) is 21.9. The number of nitro groups is 1. The molecular formula is C18H20N2O5. The molecule has 0 unspecified atom stereocenters. The molecule has 7 heteroatoms. The third-order valence-corrected chi connectivity index (χ3v) is 3.63. The van der Waals surface area contributed by atoms with E-state index in [4.69, 9.17) is 4.74 Å². The summed E-state index contributed by atoms with van der Waals surface area (Å²) in [6.45, 7) is 0.119. The lowest BCUT2D eigenvalue weighted by Gasteiger charge is -2.15. The largest absolute Gasteiger partial charge is 0.484 e. The fourth-order valence-electron chi connectivity index (χ4n) is 2.27. The number of nitrogens with zero attached hydrogens (tertiary/aromatic N) is 1. The lowest BCUT2D eigenvalue weighted by Crippen LogP contribution is -2.35. The van der Waals surface area contributed by atoms with E-state index in [1.54, 1.807) is 0 Å². The maximum atomic E-state index is 11.8. The zero-order valence-corrected chi connectivity index (χ0v) is 13.6. The average Bonchev–Trinajstić information content (AvgIpc) is 2.64. The van der Waals surface area contributed by atoms with Gasteiger partial charge in [0.2, 0.25) is 0 Å². The number of aliphatic hydroxyl groups excluding tert-OH is 1. The third kappa shape index (κ3) is 6.23. The standard InChI is InChI=1S/C18H20N2O5/c21-12-15(10-14-4-2-1-3-5-14)11-19-18(22)13-25-17-8-6-16(7-9-17)20(23)24/h1-9,15,21H,10-13H2,(H,19,22)/t15-/m1/s1. The molecule has 0 fully saturated rings. The molecule has 2 N–H and O–H groups in total. The van der Waals surface area contributed by atoms with Crippen molar-refractivity contribution in [1.82, 2.24) is 5.32 Å². The lowest BCUT2D eigenvalue weighted by atomic mass is 10.0. The smallest absolute Gasteiger partial charge is 0.269 e. The van der Waals surface area contributed by atoms with E-state index in [2.05, 4.69) is 5.32 Å². The van der Waals surface area contributed by atoms with Gasteiger partial charge >= 0.3 is 0 Å². The highest BCUT2D eigenvalue weighted by Crippen LogP contribution is 2.17. The summed E-state index contributed by atoms with van der Waals surface area (Å²) in [5, 5.41) is 22.7. The number of carbonyl (C=O) groups excluding carboxylic acids is 1. The van der Waals surface area contributed by atoms with E-state index in [9.17, 15) is 20.0 Å². The summed E-state index contributed by atoms with van der Waals surface area (Å²) in [6, 6.07) is 15.2. The van der Waals surface area contributed by atoms with Crippen LogP contribution in [0.4, 0.5) is 5.69 Å². The number of benzene rings is 2. The second-order valence-electron chi connectivity index (χ2n) is 5.58. The molecule has 0 spiro atoms. The Morgan fingerprint density at radius 1 is 1.16 bits per heavy atom. The predicted octanol–water partition coefficient (Wildman–Crippen LogP) is 1.94. The van der Waals surface area contributed by atoms with E-state index in [0.29, 0.717) is 18.7 Å². The minimum atomic E-state index is -0.502. The number of aliphatic hydroxyl groups is 1. The minimum absolute atomic E-state index is 0.0294. The van der Waals surface area contributed by atoms with Gasteiger partial charge in [-0.1, -0.05) is 30.3 Å². The highest BCUT2D eigenvalue weighted by molar-refractivity contribution is 5.77. The van der Waals surface area contributed by atoms with Gasteiger partial charge in [0.05, 0.1) is 4.92 Å². The van der Waals surface area contributed by atoms with Crippen LogP contribution in [0, 0.1) is 16.0 Å². The van der Waals surface area contributed by atoms with Gasteiger partial charge in [-0.2, -0.15) is 0 Å². The van der Waals surface area contributed by atoms with Crippen LogP contribution in [0.2, 0.25) is 0 Å². The van der Waals surface area contributed by atoms with E-state index >= 15 is 0 Å². The molecule has 25 heavy (non-hydrogen) atoms. The number of nitro benzene ring substituents is 1. The maximum Gasteiger partial charge on any atom is 0.269 e. The molecule has 0 aliphatic carbocycles. The van der Waals surface area contributed by atoms with E-state index < -0.39 is 4.92 Å². The van der Waals surface area contributed by atoms with Gasteiger partial charge in [-0.15, -0.1) is 0 Å². The quantitative estimate of drug-likeness (QED) is 0.535. The number of nitrogens with one attached hydrogen (secondary N) is 1. The van der Waals surface area contributed by atoms with Gasteiger partial charge in [0, 0.05) is 31.2 Å². The van der Waals surface area contributed by atoms with Gasteiger partial charge in [0.25, 0.3) is 11.6 Å². The van der Waals surface area contributed by atoms with Crippen LogP contribution < -0.4 is 10.1 Å². The molecule has 1 amide bonds. The van der Waals surface area contributed by atoms with Crippen molar-refractivity contribution >= 4 is 11.6 Å². The van der Waals surface area contributed by atoms with Crippen LogP contribution in [0.25, 0.3) is 0 Å². The van der Waals surface area contributed by atoms with E-state index in [0.717, 1.165) is 5.56 Å². The Labute approximate surface area is 145 Å². The number of amides is 1. The predicted molar refractivity (Wildman–Crippen MR) is 92.3 cm³/mol. The summed E-state index contributed by atoms with van der Waals surface area (Å²) < 4.78 is 5.29. The zero-order chi connectivity index (χ0) is 18.1. The van der Waals surface area contributed by atoms with Crippen molar-refractivity contribution in [2.24, 2.45) is 5.92 Å². The molecule has 0 saturated carbocycles. The fraction of sp³-hybridized carbons (Fsp3) is 0.278. The van der Waals surface area contributed by atoms with Crippen molar-refractivity contribution in [3.05, 3.63) is 70.3 Å². The second-order valence-corrected chi connectivity index (χ2v) is 5.58. The fourth-order valence-corrected chi connectivity index (χ4v) is 2.27.